The Labute approximate surface area is 46.7 Å². The van der Waals surface area contributed by atoms with Gasteiger partial charge >= 0.3 is 6.16 Å². The lowest BCUT2D eigenvalue weighted by molar-refractivity contribution is 0.0568. The number of hydrogen-bond donors (Lipinski definition) is 2. The van der Waals surface area contributed by atoms with E-state index in [1.165, 1.54) is 12.6 Å². The molecule has 0 aliphatic rings. The van der Waals surface area contributed by atoms with Gasteiger partial charge in [-0.25, -0.2) is 4.79 Å². The van der Waals surface area contributed by atoms with Crippen LogP contribution in [0.2, 0.25) is 0 Å². The van der Waals surface area contributed by atoms with Crippen LogP contribution in [-0.2, 0) is 4.84 Å². The molecule has 0 spiro atoms. The Balaban J connectivity index is 2.93. The molecule has 0 aromatic carbocycles. The molecule has 0 aromatic rings. The predicted octanol–water partition coefficient (Wildman–Crippen LogP) is 0.533. The molecule has 4 nitrogen and oxygen atoms in total. The molecule has 0 aliphatic heterocycles. The zero-order valence-corrected chi connectivity index (χ0v) is 4.13. The third kappa shape index (κ3) is 4.97. The van der Waals surface area contributed by atoms with Crippen molar-refractivity contribution < 1.29 is 14.7 Å². The van der Waals surface area contributed by atoms with E-state index in [2.05, 4.69) is 11.4 Å². The van der Waals surface area contributed by atoms with E-state index in [9.17, 15) is 4.79 Å². The van der Waals surface area contributed by atoms with Crippen molar-refractivity contribution in [1.29, 1.82) is 0 Å². The summed E-state index contributed by atoms with van der Waals surface area (Å²) >= 11 is 0. The Morgan fingerprint density at radius 2 is 2.50 bits per heavy atom. The van der Waals surface area contributed by atoms with Crippen molar-refractivity contribution in [3.05, 3.63) is 19.2 Å². The van der Waals surface area contributed by atoms with Gasteiger partial charge in [0.25, 0.3) is 0 Å². The second-order valence-electron chi connectivity index (χ2n) is 0.888. The molecule has 0 bridgehead atoms. The van der Waals surface area contributed by atoms with Gasteiger partial charge in [0.1, 0.15) is 0 Å². The van der Waals surface area contributed by atoms with Gasteiger partial charge in [-0.3, -0.25) is 0 Å². The van der Waals surface area contributed by atoms with Crippen molar-refractivity contribution >= 4 is 6.16 Å². The summed E-state index contributed by atoms with van der Waals surface area (Å²) in [5, 5.41) is 7.80. The van der Waals surface area contributed by atoms with Gasteiger partial charge in [0.05, 0.1) is 6.54 Å². The predicted molar refractivity (Wildman–Crippen MR) is 26.7 cm³/mol. The Bertz CT molecular complexity index is 91.3. The average molecular weight is 116 g/mol. The largest absolute Gasteiger partial charge is 0.525 e. The third-order valence-corrected chi connectivity index (χ3v) is 0.332. The van der Waals surface area contributed by atoms with Crippen molar-refractivity contribution in [2.24, 2.45) is 0 Å². The molecule has 0 heterocycles. The summed E-state index contributed by atoms with van der Waals surface area (Å²) in [6.45, 7) is 4.52. The van der Waals surface area contributed by atoms with Gasteiger partial charge in [-0.05, 0) is 0 Å². The second-order valence-corrected chi connectivity index (χ2v) is 0.888. The zero-order chi connectivity index (χ0) is 6.41. The third-order valence-electron chi connectivity index (χ3n) is 0.332. The summed E-state index contributed by atoms with van der Waals surface area (Å²) in [4.78, 5) is 13.4. The topological polar surface area (TPSA) is 58.6 Å². The van der Waals surface area contributed by atoms with Gasteiger partial charge in [-0.2, -0.15) is 0 Å². The molecule has 0 fully saturated rings. The van der Waals surface area contributed by atoms with Gasteiger partial charge < -0.3 is 9.94 Å². The Morgan fingerprint density at radius 1 is 1.88 bits per heavy atom. The van der Waals surface area contributed by atoms with Crippen LogP contribution in [0.3, 0.4) is 0 Å². The number of rotatable bonds is 3. The fourth-order valence-corrected chi connectivity index (χ4v) is 0.133. The summed E-state index contributed by atoms with van der Waals surface area (Å²) in [6.07, 6.45) is -0.00810. The van der Waals surface area contributed by atoms with E-state index in [1.54, 1.807) is 0 Å². The van der Waals surface area contributed by atoms with Gasteiger partial charge in [0.15, 0.2) is 0 Å². The summed E-state index contributed by atoms with van der Waals surface area (Å²) in [7, 11) is 0. The minimum Gasteiger partial charge on any atom is -0.448 e. The lowest BCUT2D eigenvalue weighted by Crippen LogP contribution is -2.13. The van der Waals surface area contributed by atoms with Crippen LogP contribution < -0.4 is 5.48 Å². The molecular weight excluding hydrogens is 110 g/mol. The molecule has 0 rings (SSSR count). The first kappa shape index (κ1) is 6.97. The summed E-state index contributed by atoms with van der Waals surface area (Å²) in [5.41, 5.74) is 1.99. The number of carbonyl (C=O) groups is 1. The molecule has 0 amide bonds. The first-order valence-electron chi connectivity index (χ1n) is 1.87. The SMILES string of the molecule is C=C[CH]NOC(=O)O. The zero-order valence-electron chi connectivity index (χ0n) is 4.13. The lowest BCUT2D eigenvalue weighted by atomic mass is 10.7. The van der Waals surface area contributed by atoms with Crippen LogP contribution in [0, 0.1) is 6.54 Å². The summed E-state index contributed by atoms with van der Waals surface area (Å²) in [6, 6.07) is 0. The second kappa shape index (κ2) is 4.14. The van der Waals surface area contributed by atoms with Crippen LogP contribution in [-0.4, -0.2) is 11.3 Å². The maximum Gasteiger partial charge on any atom is 0.525 e. The molecule has 0 aliphatic carbocycles. The fraction of sp³-hybridized carbons (Fsp3) is 0. The molecule has 0 saturated carbocycles. The van der Waals surface area contributed by atoms with Gasteiger partial charge in [0, 0.05) is 0 Å². The van der Waals surface area contributed by atoms with Crippen molar-refractivity contribution in [1.82, 2.24) is 5.48 Å². The highest BCUT2D eigenvalue weighted by Crippen LogP contribution is 1.71. The minimum atomic E-state index is -1.37. The maximum absolute atomic E-state index is 9.54. The van der Waals surface area contributed by atoms with Gasteiger partial charge in [0.2, 0.25) is 0 Å². The van der Waals surface area contributed by atoms with Crippen molar-refractivity contribution in [3.63, 3.8) is 0 Å². The Morgan fingerprint density at radius 3 is 2.88 bits per heavy atom. The standard InChI is InChI=1S/C4H6NO3/c1-2-3-5-8-4(6)7/h2-3,5H,1H2,(H,6,7). The monoisotopic (exact) mass is 116 g/mol. The minimum absolute atomic E-state index is 1.26. The van der Waals surface area contributed by atoms with E-state index in [1.807, 2.05) is 5.48 Å². The van der Waals surface area contributed by atoms with E-state index in [-0.39, 0.29) is 0 Å². The molecule has 0 saturated heterocycles. The van der Waals surface area contributed by atoms with E-state index in [4.69, 9.17) is 5.11 Å². The molecule has 1 radical (unpaired) electrons. The van der Waals surface area contributed by atoms with Crippen molar-refractivity contribution in [2.75, 3.05) is 0 Å². The summed E-state index contributed by atoms with van der Waals surface area (Å²) < 4.78 is 0. The van der Waals surface area contributed by atoms with E-state index >= 15 is 0 Å². The molecule has 0 atom stereocenters. The molecule has 8 heavy (non-hydrogen) atoms. The molecule has 0 unspecified atom stereocenters. The number of nitrogens with one attached hydrogen (secondary N) is 1. The van der Waals surface area contributed by atoms with Crippen LogP contribution in [0.5, 0.6) is 0 Å². The smallest absolute Gasteiger partial charge is 0.448 e. The van der Waals surface area contributed by atoms with Crippen LogP contribution in [0.1, 0.15) is 0 Å². The molecule has 0 aromatic heterocycles. The van der Waals surface area contributed by atoms with E-state index in [0.717, 1.165) is 0 Å². The van der Waals surface area contributed by atoms with Crippen LogP contribution in [0.15, 0.2) is 12.7 Å². The summed E-state index contributed by atoms with van der Waals surface area (Å²) in [5.74, 6) is 0. The van der Waals surface area contributed by atoms with E-state index < -0.39 is 6.16 Å². The first-order chi connectivity index (χ1) is 3.77. The quantitative estimate of drug-likeness (QED) is 0.417. The molecule has 4 heteroatoms. The highest BCUT2D eigenvalue weighted by atomic mass is 16.8. The number of carboxylic acid groups (broad SMARTS) is 1. The Kier molecular flexibility index (Phi) is 3.60. The highest BCUT2D eigenvalue weighted by molar-refractivity contribution is 5.56. The fourth-order valence-electron chi connectivity index (χ4n) is 0.133. The van der Waals surface area contributed by atoms with Gasteiger partial charge in [-0.1, -0.05) is 6.08 Å². The number of hydrogen-bond acceptors (Lipinski definition) is 3. The van der Waals surface area contributed by atoms with Crippen LogP contribution in [0.25, 0.3) is 0 Å². The molecule has 45 valence electrons. The van der Waals surface area contributed by atoms with Crippen LogP contribution >= 0.6 is 0 Å². The number of hydroxylamine groups is 1. The average Bonchev–Trinajstić information content (AvgIpc) is 1.66. The molecule has 2 N–H and O–H groups in total. The van der Waals surface area contributed by atoms with Crippen molar-refractivity contribution in [2.45, 2.75) is 0 Å². The molecular formula is C4H6NO3. The highest BCUT2D eigenvalue weighted by Gasteiger charge is 1.90. The lowest BCUT2D eigenvalue weighted by Gasteiger charge is -1.93. The van der Waals surface area contributed by atoms with Gasteiger partial charge in [-0.15, -0.1) is 12.1 Å². The normalized spacial score (nSPS) is 8.00. The maximum atomic E-state index is 9.54. The van der Waals surface area contributed by atoms with Crippen LogP contribution in [0.4, 0.5) is 4.79 Å². The van der Waals surface area contributed by atoms with Crippen molar-refractivity contribution in [3.8, 4) is 0 Å². The Hall–Kier alpha value is -1.03. The first-order valence-corrected chi connectivity index (χ1v) is 1.87. The van der Waals surface area contributed by atoms with E-state index in [0.29, 0.717) is 0 Å².